The summed E-state index contributed by atoms with van der Waals surface area (Å²) in [5.41, 5.74) is 9.36. The largest absolute Gasteiger partial charge is 2.00 e. The summed E-state index contributed by atoms with van der Waals surface area (Å²) in [5, 5.41) is 7.49. The van der Waals surface area contributed by atoms with Gasteiger partial charge < -0.3 is 14.0 Å². The van der Waals surface area contributed by atoms with E-state index in [1.807, 2.05) is 30.3 Å². The molecule has 3 aromatic carbocycles. The molecule has 0 aliphatic heterocycles. The van der Waals surface area contributed by atoms with Crippen LogP contribution in [0.15, 0.2) is 78.5 Å². The van der Waals surface area contributed by atoms with Crippen LogP contribution in [0.2, 0.25) is 0 Å². The zero-order chi connectivity index (χ0) is 33.4. The van der Waals surface area contributed by atoms with E-state index in [4.69, 9.17) is 19.6 Å². The van der Waals surface area contributed by atoms with Gasteiger partial charge in [0.2, 0.25) is 0 Å². The maximum Gasteiger partial charge on any atom is 2.00 e. The number of nitrogens with zero attached hydrogens (tertiary/aromatic N) is 4. The molecule has 6 aromatic rings. The summed E-state index contributed by atoms with van der Waals surface area (Å²) in [6, 6.07) is 27.6. The minimum atomic E-state index is 0. The molecule has 0 saturated carbocycles. The SMILES string of the molecule is CCCCc1c(C2C(C)=CCC[C@@H]2C)c(CC)nn1-c1[c-]c(Oc2[c-]c3c(cc2)c2ccccc2n3-c2cc(OC)ccn2)cc(C)c1.[Pt+2]. The molecule has 0 bridgehead atoms. The molecular weight excluding hydrogens is 788 g/mol. The molecule has 1 aliphatic rings. The Labute approximate surface area is 304 Å². The number of benzene rings is 3. The van der Waals surface area contributed by atoms with Gasteiger partial charge in [0.25, 0.3) is 0 Å². The van der Waals surface area contributed by atoms with E-state index in [1.165, 1.54) is 28.9 Å². The molecule has 3 aromatic heterocycles. The first-order chi connectivity index (χ1) is 23.4. The van der Waals surface area contributed by atoms with E-state index in [0.29, 0.717) is 23.3 Å². The van der Waals surface area contributed by atoms with Gasteiger partial charge in [0.15, 0.2) is 0 Å². The first kappa shape index (κ1) is 34.7. The van der Waals surface area contributed by atoms with Gasteiger partial charge in [-0.3, -0.25) is 4.68 Å². The molecule has 0 radical (unpaired) electrons. The van der Waals surface area contributed by atoms with Crippen molar-refractivity contribution < 1.29 is 30.5 Å². The molecule has 7 rings (SSSR count). The van der Waals surface area contributed by atoms with Crippen LogP contribution in [0.4, 0.5) is 0 Å². The fraction of sp³-hybridized carbons (Fsp3) is 0.333. The number of fused-ring (bicyclic) bond motifs is 3. The molecule has 0 N–H and O–H groups in total. The number of allylic oxidation sites excluding steroid dienone is 2. The Hall–Kier alpha value is -4.15. The molecule has 7 heteroatoms. The minimum Gasteiger partial charge on any atom is -0.509 e. The van der Waals surface area contributed by atoms with Gasteiger partial charge in [0.05, 0.1) is 12.8 Å². The number of methoxy groups -OCH3 is 1. The van der Waals surface area contributed by atoms with E-state index >= 15 is 0 Å². The van der Waals surface area contributed by atoms with Gasteiger partial charge in [-0.1, -0.05) is 69.5 Å². The first-order valence-corrected chi connectivity index (χ1v) is 17.4. The third-order valence-corrected chi connectivity index (χ3v) is 9.82. The van der Waals surface area contributed by atoms with Crippen molar-refractivity contribution >= 4 is 21.8 Å². The normalized spacial score (nSPS) is 16.1. The van der Waals surface area contributed by atoms with Crippen LogP contribution in [0, 0.1) is 25.0 Å². The van der Waals surface area contributed by atoms with E-state index in [9.17, 15) is 0 Å². The monoisotopic (exact) mass is 831 g/mol. The average Bonchev–Trinajstić information content (AvgIpc) is 3.62. The van der Waals surface area contributed by atoms with Gasteiger partial charge in [0.1, 0.15) is 11.6 Å². The molecule has 6 nitrogen and oxygen atoms in total. The summed E-state index contributed by atoms with van der Waals surface area (Å²) in [6.07, 6.45) is 10.7. The molecule has 1 unspecified atom stereocenters. The van der Waals surface area contributed by atoms with Crippen LogP contribution in [0.1, 0.15) is 81.8 Å². The number of aryl methyl sites for hydroxylation is 2. The molecule has 0 fully saturated rings. The van der Waals surface area contributed by atoms with Gasteiger partial charge >= 0.3 is 21.1 Å². The summed E-state index contributed by atoms with van der Waals surface area (Å²) in [5.74, 6) is 3.75. The van der Waals surface area contributed by atoms with Crippen molar-refractivity contribution in [2.24, 2.45) is 5.92 Å². The van der Waals surface area contributed by atoms with Gasteiger partial charge in [-0.2, -0.15) is 16.7 Å². The fourth-order valence-corrected chi connectivity index (χ4v) is 7.52. The van der Waals surface area contributed by atoms with Crippen molar-refractivity contribution in [2.75, 3.05) is 7.11 Å². The van der Waals surface area contributed by atoms with Crippen molar-refractivity contribution in [2.45, 2.75) is 79.1 Å². The number of rotatable bonds is 10. The molecular formula is C42H44N4O2Pt. The standard InChI is InChI=1S/C42H44N4O2.Pt/c1-7-9-16-38-42(41-28(4)13-12-14-29(41)5)36(8-2)44-46(38)30-22-27(3)23-33(24-30)48-32-18-19-35-34-15-10-11-17-37(34)45(39(35)25-32)40-26-31(47-6)20-21-43-40;/h10-11,13,15,17-23,26,29,41H,7-9,12,14,16H2,1-6H3;/q-2;+2/t29-,41?;/m0./s1. The molecule has 0 amide bonds. The van der Waals surface area contributed by atoms with E-state index in [2.05, 4.69) is 92.4 Å². The Bertz CT molecular complexity index is 2140. The summed E-state index contributed by atoms with van der Waals surface area (Å²) >= 11 is 0. The smallest absolute Gasteiger partial charge is 0.509 e. The maximum atomic E-state index is 6.58. The van der Waals surface area contributed by atoms with Crippen LogP contribution < -0.4 is 9.47 Å². The third-order valence-electron chi connectivity index (χ3n) is 9.82. The number of hydrogen-bond donors (Lipinski definition) is 0. The zero-order valence-corrected chi connectivity index (χ0v) is 31.5. The van der Waals surface area contributed by atoms with Gasteiger partial charge in [-0.05, 0) is 68.2 Å². The Kier molecular flexibility index (Phi) is 10.5. The Morgan fingerprint density at radius 1 is 0.959 bits per heavy atom. The van der Waals surface area contributed by atoms with E-state index < -0.39 is 0 Å². The van der Waals surface area contributed by atoms with E-state index in [0.717, 1.165) is 76.7 Å². The van der Waals surface area contributed by atoms with Crippen molar-refractivity contribution in [3.8, 4) is 28.8 Å². The number of unbranched alkanes of at least 4 members (excludes halogenated alkanes) is 1. The predicted molar refractivity (Wildman–Crippen MR) is 194 cm³/mol. The molecule has 1 aliphatic carbocycles. The summed E-state index contributed by atoms with van der Waals surface area (Å²) in [6.45, 7) is 11.3. The topological polar surface area (TPSA) is 54.1 Å². The summed E-state index contributed by atoms with van der Waals surface area (Å²) < 4.78 is 16.4. The Morgan fingerprint density at radius 3 is 2.57 bits per heavy atom. The van der Waals surface area contributed by atoms with Crippen LogP contribution in [0.3, 0.4) is 0 Å². The first-order valence-electron chi connectivity index (χ1n) is 17.4. The predicted octanol–water partition coefficient (Wildman–Crippen LogP) is 10.4. The number of ether oxygens (including phenoxy) is 2. The molecule has 0 saturated heterocycles. The number of para-hydroxylation sites is 1. The van der Waals surface area contributed by atoms with Crippen molar-refractivity contribution in [1.29, 1.82) is 0 Å². The average molecular weight is 832 g/mol. The van der Waals surface area contributed by atoms with Gasteiger partial charge in [0, 0.05) is 46.5 Å². The third kappa shape index (κ3) is 6.60. The van der Waals surface area contributed by atoms with Crippen LogP contribution >= 0.6 is 0 Å². The van der Waals surface area contributed by atoms with Crippen LogP contribution in [0.25, 0.3) is 33.3 Å². The number of aromatic nitrogens is 4. The van der Waals surface area contributed by atoms with E-state index in [1.54, 1.807) is 13.3 Å². The van der Waals surface area contributed by atoms with Gasteiger partial charge in [-0.15, -0.1) is 35.7 Å². The Morgan fingerprint density at radius 2 is 1.80 bits per heavy atom. The molecule has 3 heterocycles. The second-order valence-electron chi connectivity index (χ2n) is 13.2. The molecule has 2 atom stereocenters. The quantitative estimate of drug-likeness (QED) is 0.102. The second-order valence-corrected chi connectivity index (χ2v) is 13.2. The van der Waals surface area contributed by atoms with Crippen molar-refractivity contribution in [1.82, 2.24) is 19.3 Å². The minimum absolute atomic E-state index is 0. The zero-order valence-electron chi connectivity index (χ0n) is 29.2. The second kappa shape index (κ2) is 14.8. The summed E-state index contributed by atoms with van der Waals surface area (Å²) in [4.78, 5) is 4.69. The molecule has 254 valence electrons. The number of pyridine rings is 1. The Balaban J connectivity index is 0.00000417. The van der Waals surface area contributed by atoms with E-state index in [-0.39, 0.29) is 21.1 Å². The maximum absolute atomic E-state index is 6.58. The molecule has 49 heavy (non-hydrogen) atoms. The van der Waals surface area contributed by atoms with Crippen molar-refractivity contribution in [3.05, 3.63) is 113 Å². The summed E-state index contributed by atoms with van der Waals surface area (Å²) in [7, 11) is 1.67. The number of hydrogen-bond acceptors (Lipinski definition) is 4. The van der Waals surface area contributed by atoms with Crippen LogP contribution in [0.5, 0.6) is 17.2 Å². The van der Waals surface area contributed by atoms with Crippen LogP contribution in [-0.4, -0.2) is 26.4 Å². The van der Waals surface area contributed by atoms with Crippen LogP contribution in [-0.2, 0) is 33.9 Å². The molecule has 0 spiro atoms. The fourth-order valence-electron chi connectivity index (χ4n) is 7.52. The van der Waals surface area contributed by atoms with Gasteiger partial charge in [-0.25, -0.2) is 4.98 Å². The van der Waals surface area contributed by atoms with Crippen molar-refractivity contribution in [3.63, 3.8) is 0 Å².